The van der Waals surface area contributed by atoms with Gasteiger partial charge < -0.3 is 15.5 Å². The van der Waals surface area contributed by atoms with Crippen LogP contribution in [0.2, 0.25) is 0 Å². The molecule has 0 radical (unpaired) electrons. The molecule has 1 saturated heterocycles. The molecule has 6 heteroatoms. The predicted molar refractivity (Wildman–Crippen MR) is 133 cm³/mol. The minimum atomic E-state index is -0.0270. The lowest BCUT2D eigenvalue weighted by Crippen LogP contribution is -2.50. The highest BCUT2D eigenvalue weighted by Crippen LogP contribution is 2.23. The number of carbonyl (C=O) groups excluding carboxylic acids is 2. The summed E-state index contributed by atoms with van der Waals surface area (Å²) in [6.07, 6.45) is 0. The Balaban J connectivity index is 1.33. The lowest BCUT2D eigenvalue weighted by Gasteiger charge is -2.34. The average Bonchev–Trinajstić information content (AvgIpc) is 2.83. The van der Waals surface area contributed by atoms with Crippen LogP contribution in [0.4, 0.5) is 17.1 Å². The smallest absolute Gasteiger partial charge is 0.256 e. The summed E-state index contributed by atoms with van der Waals surface area (Å²) in [6, 6.07) is 23.3. The molecule has 0 bridgehead atoms. The summed E-state index contributed by atoms with van der Waals surface area (Å²) >= 11 is 0. The van der Waals surface area contributed by atoms with E-state index in [1.165, 1.54) is 0 Å². The summed E-state index contributed by atoms with van der Waals surface area (Å²) in [6.45, 7) is 6.89. The van der Waals surface area contributed by atoms with Crippen LogP contribution in [-0.4, -0.2) is 54.3 Å². The Kier molecular flexibility index (Phi) is 7.05. The zero-order valence-corrected chi connectivity index (χ0v) is 19.2. The van der Waals surface area contributed by atoms with Crippen molar-refractivity contribution in [2.75, 3.05) is 43.4 Å². The number of carbonyl (C=O) groups is 2. The lowest BCUT2D eigenvalue weighted by atomic mass is 10.1. The van der Waals surface area contributed by atoms with Crippen molar-refractivity contribution >= 4 is 28.9 Å². The molecular weight excluding hydrogens is 412 g/mol. The van der Waals surface area contributed by atoms with Crippen LogP contribution in [-0.2, 0) is 4.79 Å². The van der Waals surface area contributed by atoms with Gasteiger partial charge in [0.2, 0.25) is 5.91 Å². The van der Waals surface area contributed by atoms with Crippen LogP contribution in [0, 0.1) is 13.8 Å². The normalized spacial score (nSPS) is 14.1. The van der Waals surface area contributed by atoms with E-state index in [-0.39, 0.29) is 11.8 Å². The zero-order chi connectivity index (χ0) is 23.2. The van der Waals surface area contributed by atoms with Gasteiger partial charge in [-0.15, -0.1) is 0 Å². The summed E-state index contributed by atoms with van der Waals surface area (Å²) in [5, 5.41) is 6.37. The maximum atomic E-state index is 13.2. The highest BCUT2D eigenvalue weighted by Gasteiger charge is 2.25. The minimum Gasteiger partial charge on any atom is -0.355 e. The molecule has 2 amide bonds. The molecule has 0 saturated carbocycles. The molecule has 0 spiro atoms. The minimum absolute atomic E-state index is 0.00789. The second kappa shape index (κ2) is 10.3. The fraction of sp³-hybridized carbons (Fsp3) is 0.259. The van der Waals surface area contributed by atoms with Gasteiger partial charge in [-0.3, -0.25) is 14.5 Å². The van der Waals surface area contributed by atoms with Crippen molar-refractivity contribution < 1.29 is 9.59 Å². The van der Waals surface area contributed by atoms with Crippen LogP contribution in [0.15, 0.2) is 72.8 Å². The SMILES string of the molecule is Cc1cccc(NC(=O)CN2CCN(C(=O)c3ccccc3Nc3ccccc3)CC2)c1C. The van der Waals surface area contributed by atoms with Crippen molar-refractivity contribution in [3.8, 4) is 0 Å². The Bertz CT molecular complexity index is 1120. The van der Waals surface area contributed by atoms with Crippen molar-refractivity contribution in [3.05, 3.63) is 89.5 Å². The van der Waals surface area contributed by atoms with Gasteiger partial charge in [-0.2, -0.15) is 0 Å². The number of para-hydroxylation sites is 2. The maximum absolute atomic E-state index is 13.2. The van der Waals surface area contributed by atoms with Gasteiger partial charge in [0.15, 0.2) is 0 Å². The molecule has 0 aromatic heterocycles. The van der Waals surface area contributed by atoms with E-state index in [9.17, 15) is 9.59 Å². The molecule has 0 unspecified atom stereocenters. The van der Waals surface area contributed by atoms with Gasteiger partial charge in [0.25, 0.3) is 5.91 Å². The van der Waals surface area contributed by atoms with Gasteiger partial charge in [-0.1, -0.05) is 42.5 Å². The third kappa shape index (κ3) is 5.59. The number of benzene rings is 3. The van der Waals surface area contributed by atoms with E-state index in [0.717, 1.165) is 28.2 Å². The number of amides is 2. The van der Waals surface area contributed by atoms with Crippen molar-refractivity contribution in [2.24, 2.45) is 0 Å². The van der Waals surface area contributed by atoms with Crippen LogP contribution < -0.4 is 10.6 Å². The van der Waals surface area contributed by atoms with Crippen LogP contribution in [0.1, 0.15) is 21.5 Å². The topological polar surface area (TPSA) is 64.7 Å². The molecule has 4 rings (SSSR count). The lowest BCUT2D eigenvalue weighted by molar-refractivity contribution is -0.117. The zero-order valence-electron chi connectivity index (χ0n) is 19.2. The quantitative estimate of drug-likeness (QED) is 0.592. The van der Waals surface area contributed by atoms with Gasteiger partial charge in [0.1, 0.15) is 0 Å². The fourth-order valence-corrected chi connectivity index (χ4v) is 4.01. The van der Waals surface area contributed by atoms with Crippen LogP contribution in [0.25, 0.3) is 0 Å². The summed E-state index contributed by atoms with van der Waals surface area (Å²) in [7, 11) is 0. The van der Waals surface area contributed by atoms with E-state index in [2.05, 4.69) is 15.5 Å². The van der Waals surface area contributed by atoms with E-state index >= 15 is 0 Å². The Hall–Kier alpha value is -3.64. The largest absolute Gasteiger partial charge is 0.355 e. The molecule has 1 fully saturated rings. The molecule has 3 aromatic carbocycles. The molecule has 3 aromatic rings. The highest BCUT2D eigenvalue weighted by atomic mass is 16.2. The first kappa shape index (κ1) is 22.6. The maximum Gasteiger partial charge on any atom is 0.256 e. The number of aryl methyl sites for hydroxylation is 1. The number of hydrogen-bond donors (Lipinski definition) is 2. The molecule has 6 nitrogen and oxygen atoms in total. The summed E-state index contributed by atoms with van der Waals surface area (Å²) in [4.78, 5) is 29.8. The molecule has 1 aliphatic heterocycles. The number of nitrogens with one attached hydrogen (secondary N) is 2. The van der Waals surface area contributed by atoms with E-state index < -0.39 is 0 Å². The van der Waals surface area contributed by atoms with E-state index in [0.29, 0.717) is 38.3 Å². The third-order valence-electron chi connectivity index (χ3n) is 6.12. The van der Waals surface area contributed by atoms with Crippen molar-refractivity contribution in [1.82, 2.24) is 9.80 Å². The summed E-state index contributed by atoms with van der Waals surface area (Å²) < 4.78 is 0. The van der Waals surface area contributed by atoms with Crippen LogP contribution >= 0.6 is 0 Å². The average molecular weight is 443 g/mol. The third-order valence-corrected chi connectivity index (χ3v) is 6.12. The number of rotatable bonds is 6. The second-order valence-electron chi connectivity index (χ2n) is 8.40. The van der Waals surface area contributed by atoms with Gasteiger partial charge in [0, 0.05) is 37.6 Å². The first-order valence-electron chi connectivity index (χ1n) is 11.3. The number of piperazine rings is 1. The second-order valence-corrected chi connectivity index (χ2v) is 8.40. The van der Waals surface area contributed by atoms with Gasteiger partial charge in [0.05, 0.1) is 17.8 Å². The van der Waals surface area contributed by atoms with Crippen molar-refractivity contribution in [2.45, 2.75) is 13.8 Å². The van der Waals surface area contributed by atoms with E-state index in [1.54, 1.807) is 0 Å². The van der Waals surface area contributed by atoms with E-state index in [4.69, 9.17) is 0 Å². The Morgan fingerprint density at radius 1 is 0.788 bits per heavy atom. The molecule has 170 valence electrons. The summed E-state index contributed by atoms with van der Waals surface area (Å²) in [5.74, 6) is -0.0191. The van der Waals surface area contributed by atoms with Crippen LogP contribution in [0.5, 0.6) is 0 Å². The summed E-state index contributed by atoms with van der Waals surface area (Å²) in [5.41, 5.74) is 5.49. The van der Waals surface area contributed by atoms with Gasteiger partial charge >= 0.3 is 0 Å². The first-order valence-corrected chi connectivity index (χ1v) is 11.3. The predicted octanol–water partition coefficient (Wildman–Crippen LogP) is 4.44. The monoisotopic (exact) mass is 442 g/mol. The molecule has 0 atom stereocenters. The number of nitrogens with zero attached hydrogens (tertiary/aromatic N) is 2. The van der Waals surface area contributed by atoms with Crippen molar-refractivity contribution in [1.29, 1.82) is 0 Å². The molecule has 33 heavy (non-hydrogen) atoms. The van der Waals surface area contributed by atoms with E-state index in [1.807, 2.05) is 91.5 Å². The Labute approximate surface area is 195 Å². The Morgan fingerprint density at radius 2 is 1.45 bits per heavy atom. The molecular formula is C27H30N4O2. The molecule has 0 aliphatic carbocycles. The fourth-order valence-electron chi connectivity index (χ4n) is 4.01. The van der Waals surface area contributed by atoms with Crippen molar-refractivity contribution in [3.63, 3.8) is 0 Å². The number of anilines is 3. The standard InChI is InChI=1S/C27H30N4O2/c1-20-9-8-14-24(21(20)2)29-26(32)19-30-15-17-31(18-16-30)27(33)23-12-6-7-13-25(23)28-22-10-4-3-5-11-22/h3-14,28H,15-19H2,1-2H3,(H,29,32). The number of hydrogen-bond acceptors (Lipinski definition) is 4. The van der Waals surface area contributed by atoms with Crippen LogP contribution in [0.3, 0.4) is 0 Å². The van der Waals surface area contributed by atoms with Gasteiger partial charge in [-0.25, -0.2) is 0 Å². The molecule has 1 aliphatic rings. The first-order chi connectivity index (χ1) is 16.0. The molecule has 1 heterocycles. The molecule has 2 N–H and O–H groups in total. The highest BCUT2D eigenvalue weighted by molar-refractivity contribution is 6.00. The Morgan fingerprint density at radius 3 is 2.21 bits per heavy atom. The van der Waals surface area contributed by atoms with Gasteiger partial charge in [-0.05, 0) is 55.3 Å².